The van der Waals surface area contributed by atoms with E-state index in [0.717, 1.165) is 18.4 Å². The van der Waals surface area contributed by atoms with Crippen molar-refractivity contribution in [2.75, 3.05) is 12.0 Å². The molecule has 0 spiro atoms. The van der Waals surface area contributed by atoms with Gasteiger partial charge in [0, 0.05) is 11.9 Å². The van der Waals surface area contributed by atoms with Crippen LogP contribution in [0.15, 0.2) is 24.3 Å². The fourth-order valence-electron chi connectivity index (χ4n) is 1.77. The lowest BCUT2D eigenvalue weighted by molar-refractivity contribution is 0.586. The minimum Gasteiger partial charge on any atom is -0.399 e. The lowest BCUT2D eigenvalue weighted by Crippen LogP contribution is -2.19. The van der Waals surface area contributed by atoms with Gasteiger partial charge in [-0.3, -0.25) is 0 Å². The van der Waals surface area contributed by atoms with Gasteiger partial charge in [-0.1, -0.05) is 12.1 Å². The lowest BCUT2D eigenvalue weighted by atomic mass is 10.1. The summed E-state index contributed by atoms with van der Waals surface area (Å²) in [5, 5.41) is 0. The zero-order valence-electron chi connectivity index (χ0n) is 8.03. The Morgan fingerprint density at radius 3 is 2.07 bits per heavy atom. The van der Waals surface area contributed by atoms with Crippen molar-refractivity contribution in [2.24, 2.45) is 0 Å². The molecular formula is C10H13NO2S. The number of hydrogen-bond donors (Lipinski definition) is 1. The number of rotatable bonds is 2. The van der Waals surface area contributed by atoms with Crippen LogP contribution < -0.4 is 5.73 Å². The largest absolute Gasteiger partial charge is 0.399 e. The molecule has 0 saturated heterocycles. The molecule has 2 N–H and O–H groups in total. The second-order valence-electron chi connectivity index (χ2n) is 3.89. The van der Waals surface area contributed by atoms with Gasteiger partial charge < -0.3 is 5.73 Å². The molecule has 0 aromatic heterocycles. The predicted octanol–water partition coefficient (Wildman–Crippen LogP) is 1.30. The van der Waals surface area contributed by atoms with Gasteiger partial charge in [0.25, 0.3) is 0 Å². The predicted molar refractivity (Wildman–Crippen MR) is 56.6 cm³/mol. The second-order valence-corrected chi connectivity index (χ2v) is 6.21. The Morgan fingerprint density at radius 2 is 1.71 bits per heavy atom. The van der Waals surface area contributed by atoms with Crippen molar-refractivity contribution in [1.29, 1.82) is 0 Å². The maximum atomic E-state index is 11.6. The van der Waals surface area contributed by atoms with Crippen LogP contribution in [-0.4, -0.2) is 14.7 Å². The van der Waals surface area contributed by atoms with Crippen LogP contribution >= 0.6 is 0 Å². The molecule has 0 amide bonds. The van der Waals surface area contributed by atoms with E-state index in [4.69, 9.17) is 5.73 Å². The highest BCUT2D eigenvalue weighted by Gasteiger charge is 2.53. The van der Waals surface area contributed by atoms with Crippen molar-refractivity contribution in [1.82, 2.24) is 0 Å². The Balaban J connectivity index is 2.46. The van der Waals surface area contributed by atoms with Gasteiger partial charge in [-0.15, -0.1) is 0 Å². The second kappa shape index (κ2) is 2.73. The first-order valence-electron chi connectivity index (χ1n) is 4.51. The maximum Gasteiger partial charge on any atom is 0.157 e. The van der Waals surface area contributed by atoms with Gasteiger partial charge in [-0.2, -0.15) is 0 Å². The lowest BCUT2D eigenvalue weighted by Gasteiger charge is -2.13. The molecule has 0 unspecified atom stereocenters. The van der Waals surface area contributed by atoms with Gasteiger partial charge in [0.05, 0.1) is 4.75 Å². The van der Waals surface area contributed by atoms with Gasteiger partial charge >= 0.3 is 0 Å². The molecule has 76 valence electrons. The molecule has 3 nitrogen and oxygen atoms in total. The van der Waals surface area contributed by atoms with Crippen LogP contribution in [0.4, 0.5) is 5.69 Å². The van der Waals surface area contributed by atoms with Crippen LogP contribution in [0, 0.1) is 0 Å². The van der Waals surface area contributed by atoms with Crippen LogP contribution in [0.1, 0.15) is 18.4 Å². The van der Waals surface area contributed by atoms with Gasteiger partial charge in [0.1, 0.15) is 0 Å². The van der Waals surface area contributed by atoms with Crippen molar-refractivity contribution < 1.29 is 8.42 Å². The first kappa shape index (κ1) is 9.52. The van der Waals surface area contributed by atoms with Gasteiger partial charge in [-0.25, -0.2) is 8.42 Å². The van der Waals surface area contributed by atoms with Crippen molar-refractivity contribution in [3.63, 3.8) is 0 Å². The smallest absolute Gasteiger partial charge is 0.157 e. The number of nitrogens with two attached hydrogens (primary N) is 1. The van der Waals surface area contributed by atoms with E-state index in [2.05, 4.69) is 0 Å². The zero-order valence-corrected chi connectivity index (χ0v) is 8.84. The Morgan fingerprint density at radius 1 is 1.21 bits per heavy atom. The summed E-state index contributed by atoms with van der Waals surface area (Å²) in [6.45, 7) is 0. The van der Waals surface area contributed by atoms with E-state index in [-0.39, 0.29) is 0 Å². The molecule has 1 fully saturated rings. The standard InChI is InChI=1S/C10H13NO2S/c1-14(12,13)10(6-7-10)8-2-4-9(11)5-3-8/h2-5H,6-7,11H2,1H3. The third kappa shape index (κ3) is 1.30. The van der Waals surface area contributed by atoms with E-state index in [0.29, 0.717) is 5.69 Å². The van der Waals surface area contributed by atoms with Crippen LogP contribution in [-0.2, 0) is 14.6 Å². The van der Waals surface area contributed by atoms with Crippen LogP contribution in [0.3, 0.4) is 0 Å². The maximum absolute atomic E-state index is 11.6. The van der Waals surface area contributed by atoms with Gasteiger partial charge in [0.15, 0.2) is 9.84 Å². The third-order valence-corrected chi connectivity index (χ3v) is 4.91. The van der Waals surface area contributed by atoms with Crippen molar-refractivity contribution in [3.05, 3.63) is 29.8 Å². The SMILES string of the molecule is CS(=O)(=O)C1(c2ccc(N)cc2)CC1. The zero-order chi connectivity index (χ0) is 10.4. The van der Waals surface area contributed by atoms with Crippen molar-refractivity contribution >= 4 is 15.5 Å². The van der Waals surface area contributed by atoms with Crippen LogP contribution in [0.25, 0.3) is 0 Å². The first-order valence-corrected chi connectivity index (χ1v) is 6.40. The summed E-state index contributed by atoms with van der Waals surface area (Å²) >= 11 is 0. The molecule has 2 rings (SSSR count). The minimum absolute atomic E-state index is 0.610. The number of anilines is 1. The van der Waals surface area contributed by atoms with Crippen LogP contribution in [0.2, 0.25) is 0 Å². The molecule has 1 aromatic carbocycles. The van der Waals surface area contributed by atoms with E-state index >= 15 is 0 Å². The van der Waals surface area contributed by atoms with Crippen LogP contribution in [0.5, 0.6) is 0 Å². The Bertz CT molecular complexity index is 444. The first-order chi connectivity index (χ1) is 6.46. The molecule has 1 aliphatic carbocycles. The molecule has 1 aromatic rings. The summed E-state index contributed by atoms with van der Waals surface area (Å²) < 4.78 is 22.5. The van der Waals surface area contributed by atoms with Crippen molar-refractivity contribution in [3.8, 4) is 0 Å². The summed E-state index contributed by atoms with van der Waals surface area (Å²) in [6, 6.07) is 7.12. The van der Waals surface area contributed by atoms with Crippen molar-refractivity contribution in [2.45, 2.75) is 17.6 Å². The Hall–Kier alpha value is -1.03. The van der Waals surface area contributed by atoms with Gasteiger partial charge in [-0.05, 0) is 30.5 Å². The molecular weight excluding hydrogens is 198 g/mol. The van der Waals surface area contributed by atoms with E-state index in [9.17, 15) is 8.42 Å². The highest BCUT2D eigenvalue weighted by Crippen LogP contribution is 2.52. The molecule has 4 heteroatoms. The van der Waals surface area contributed by atoms with E-state index < -0.39 is 14.6 Å². The fraction of sp³-hybridized carbons (Fsp3) is 0.400. The summed E-state index contributed by atoms with van der Waals surface area (Å²) in [7, 11) is -3.00. The number of benzene rings is 1. The molecule has 0 radical (unpaired) electrons. The van der Waals surface area contributed by atoms with E-state index in [1.807, 2.05) is 12.1 Å². The summed E-state index contributed by atoms with van der Waals surface area (Å²) in [6.07, 6.45) is 2.77. The van der Waals surface area contributed by atoms with E-state index in [1.54, 1.807) is 12.1 Å². The summed E-state index contributed by atoms with van der Waals surface area (Å²) in [4.78, 5) is 0. The highest BCUT2D eigenvalue weighted by atomic mass is 32.2. The summed E-state index contributed by atoms with van der Waals surface area (Å²) in [5.41, 5.74) is 7.08. The molecule has 14 heavy (non-hydrogen) atoms. The average molecular weight is 211 g/mol. The molecule has 0 aliphatic heterocycles. The topological polar surface area (TPSA) is 60.2 Å². The normalized spacial score (nSPS) is 19.2. The van der Waals surface area contributed by atoms with Gasteiger partial charge in [0.2, 0.25) is 0 Å². The summed E-state index contributed by atoms with van der Waals surface area (Å²) in [5.74, 6) is 0. The number of hydrogen-bond acceptors (Lipinski definition) is 3. The Kier molecular flexibility index (Phi) is 1.86. The molecule has 0 atom stereocenters. The third-order valence-electron chi connectivity index (χ3n) is 2.85. The monoisotopic (exact) mass is 211 g/mol. The highest BCUT2D eigenvalue weighted by molar-refractivity contribution is 7.92. The average Bonchev–Trinajstić information content (AvgIpc) is 2.84. The molecule has 1 aliphatic rings. The molecule has 0 heterocycles. The fourth-order valence-corrected chi connectivity index (χ4v) is 3.18. The Labute approximate surface area is 83.9 Å². The number of sulfone groups is 1. The molecule has 0 bridgehead atoms. The number of nitrogen functional groups attached to an aromatic ring is 1. The van der Waals surface area contributed by atoms with E-state index in [1.165, 1.54) is 6.26 Å². The molecule has 1 saturated carbocycles. The minimum atomic E-state index is -3.00. The quantitative estimate of drug-likeness (QED) is 0.750.